The summed E-state index contributed by atoms with van der Waals surface area (Å²) in [5.74, 6) is 1.29. The highest BCUT2D eigenvalue weighted by molar-refractivity contribution is 7.99. The number of ether oxygens (including phenoxy) is 2. The number of rotatable bonds is 5. The van der Waals surface area contributed by atoms with Gasteiger partial charge in [0.05, 0.1) is 11.6 Å². The molecular formula is C22H20N2O3S. The van der Waals surface area contributed by atoms with Crippen LogP contribution in [0.2, 0.25) is 0 Å². The first-order chi connectivity index (χ1) is 13.7. The normalized spacial score (nSPS) is 13.6. The maximum Gasteiger partial charge on any atom is 0.254 e. The van der Waals surface area contributed by atoms with Crippen molar-refractivity contribution >= 4 is 17.7 Å². The number of carbonyl (C=O) groups is 1. The Labute approximate surface area is 168 Å². The number of aromatic nitrogens is 1. The lowest BCUT2D eigenvalue weighted by atomic mass is 10.1. The molecule has 0 spiro atoms. The average Bonchev–Trinajstić information content (AvgIpc) is 2.74. The highest BCUT2D eigenvalue weighted by Gasteiger charge is 2.18. The van der Waals surface area contributed by atoms with Gasteiger partial charge >= 0.3 is 0 Å². The van der Waals surface area contributed by atoms with E-state index in [4.69, 9.17) is 9.47 Å². The molecule has 142 valence electrons. The van der Waals surface area contributed by atoms with Crippen molar-refractivity contribution in [3.63, 3.8) is 0 Å². The first kappa shape index (κ1) is 18.4. The minimum absolute atomic E-state index is 0.158. The lowest BCUT2D eigenvalue weighted by Crippen LogP contribution is -2.27. The lowest BCUT2D eigenvalue weighted by Gasteiger charge is -2.21. The minimum atomic E-state index is -0.182. The molecule has 1 N–H and O–H groups in total. The number of nitrogens with zero attached hydrogens (tertiary/aromatic N) is 1. The van der Waals surface area contributed by atoms with E-state index in [2.05, 4.69) is 10.3 Å². The lowest BCUT2D eigenvalue weighted by molar-refractivity contribution is 0.0936. The van der Waals surface area contributed by atoms with Gasteiger partial charge in [-0.25, -0.2) is 4.98 Å². The van der Waals surface area contributed by atoms with E-state index in [0.29, 0.717) is 29.6 Å². The molecule has 6 heteroatoms. The summed E-state index contributed by atoms with van der Waals surface area (Å²) in [6.07, 6.45) is 1.70. The molecule has 0 fully saturated rings. The largest absolute Gasteiger partial charge is 0.486 e. The summed E-state index contributed by atoms with van der Waals surface area (Å²) >= 11 is 1.48. The van der Waals surface area contributed by atoms with Crippen LogP contribution < -0.4 is 14.8 Å². The van der Waals surface area contributed by atoms with Crippen molar-refractivity contribution in [2.45, 2.75) is 22.9 Å². The SMILES string of the molecule is C[C@@H](NC(=O)c1cccnc1Sc1ccccc1)c1ccc2c(c1)OCCO2. The number of nitrogens with one attached hydrogen (secondary N) is 1. The van der Waals surface area contributed by atoms with Gasteiger partial charge in [0.2, 0.25) is 0 Å². The van der Waals surface area contributed by atoms with Crippen LogP contribution in [0.3, 0.4) is 0 Å². The molecule has 0 bridgehead atoms. The van der Waals surface area contributed by atoms with Crippen molar-refractivity contribution in [1.29, 1.82) is 0 Å². The highest BCUT2D eigenvalue weighted by Crippen LogP contribution is 2.33. The molecule has 0 saturated carbocycles. The van der Waals surface area contributed by atoms with Gasteiger partial charge in [0.25, 0.3) is 5.91 Å². The van der Waals surface area contributed by atoms with Crippen LogP contribution >= 0.6 is 11.8 Å². The standard InChI is InChI=1S/C22H20N2O3S/c1-15(16-9-10-19-20(14-16)27-13-12-26-19)24-21(25)18-8-5-11-23-22(18)28-17-6-3-2-4-7-17/h2-11,14-15H,12-13H2,1H3,(H,24,25)/t15-/m1/s1. The molecule has 0 aliphatic carbocycles. The van der Waals surface area contributed by atoms with Crippen LogP contribution in [0.1, 0.15) is 28.9 Å². The van der Waals surface area contributed by atoms with Crippen LogP contribution in [0.4, 0.5) is 0 Å². The van der Waals surface area contributed by atoms with E-state index in [1.54, 1.807) is 18.3 Å². The summed E-state index contributed by atoms with van der Waals surface area (Å²) in [7, 11) is 0. The number of pyridine rings is 1. The van der Waals surface area contributed by atoms with Crippen molar-refractivity contribution in [3.8, 4) is 11.5 Å². The molecule has 1 amide bonds. The fourth-order valence-electron chi connectivity index (χ4n) is 2.93. The Bertz CT molecular complexity index is 979. The van der Waals surface area contributed by atoms with Gasteiger partial charge in [-0.2, -0.15) is 0 Å². The van der Waals surface area contributed by atoms with E-state index in [0.717, 1.165) is 16.2 Å². The minimum Gasteiger partial charge on any atom is -0.486 e. The maximum absolute atomic E-state index is 12.9. The second-order valence-electron chi connectivity index (χ2n) is 6.37. The molecule has 1 aromatic heterocycles. The van der Waals surface area contributed by atoms with Crippen molar-refractivity contribution in [3.05, 3.63) is 78.0 Å². The summed E-state index contributed by atoms with van der Waals surface area (Å²) in [6, 6.07) is 19.0. The number of fused-ring (bicyclic) bond motifs is 1. The van der Waals surface area contributed by atoms with E-state index in [1.807, 2.05) is 55.5 Å². The Hall–Kier alpha value is -2.99. The Kier molecular flexibility index (Phi) is 5.48. The molecule has 4 rings (SSSR count). The van der Waals surface area contributed by atoms with Crippen molar-refractivity contribution in [1.82, 2.24) is 10.3 Å². The topological polar surface area (TPSA) is 60.5 Å². The van der Waals surface area contributed by atoms with E-state index in [1.165, 1.54) is 11.8 Å². The Morgan fingerprint density at radius 1 is 1.04 bits per heavy atom. The van der Waals surface area contributed by atoms with Gasteiger partial charge in [-0.1, -0.05) is 36.0 Å². The van der Waals surface area contributed by atoms with Crippen LogP contribution in [0.5, 0.6) is 11.5 Å². The molecule has 1 aliphatic heterocycles. The molecule has 0 saturated heterocycles. The van der Waals surface area contributed by atoms with Crippen LogP contribution in [-0.4, -0.2) is 24.1 Å². The van der Waals surface area contributed by atoms with E-state index in [9.17, 15) is 4.79 Å². The summed E-state index contributed by atoms with van der Waals surface area (Å²) in [5.41, 5.74) is 1.51. The second-order valence-corrected chi connectivity index (χ2v) is 7.43. The van der Waals surface area contributed by atoms with Crippen LogP contribution in [-0.2, 0) is 0 Å². The summed E-state index contributed by atoms with van der Waals surface area (Å²) in [5, 5.41) is 3.74. The van der Waals surface area contributed by atoms with Gasteiger partial charge in [-0.15, -0.1) is 0 Å². The number of amides is 1. The van der Waals surface area contributed by atoms with Crippen LogP contribution in [0.25, 0.3) is 0 Å². The quantitative estimate of drug-likeness (QED) is 0.693. The number of carbonyl (C=O) groups excluding carboxylic acids is 1. The predicted molar refractivity (Wildman–Crippen MR) is 108 cm³/mol. The van der Waals surface area contributed by atoms with Gasteiger partial charge in [0, 0.05) is 11.1 Å². The first-order valence-corrected chi connectivity index (χ1v) is 9.91. The van der Waals surface area contributed by atoms with Crippen molar-refractivity contribution in [2.75, 3.05) is 13.2 Å². The van der Waals surface area contributed by atoms with Crippen LogP contribution in [0.15, 0.2) is 76.8 Å². The Morgan fingerprint density at radius 2 is 1.82 bits per heavy atom. The average molecular weight is 392 g/mol. The monoisotopic (exact) mass is 392 g/mol. The zero-order valence-electron chi connectivity index (χ0n) is 15.4. The second kappa shape index (κ2) is 8.35. The summed E-state index contributed by atoms with van der Waals surface area (Å²) < 4.78 is 11.2. The van der Waals surface area contributed by atoms with Gasteiger partial charge in [-0.3, -0.25) is 4.79 Å². The third kappa shape index (κ3) is 4.12. The molecular weight excluding hydrogens is 372 g/mol. The molecule has 28 heavy (non-hydrogen) atoms. The van der Waals surface area contributed by atoms with E-state index >= 15 is 0 Å². The van der Waals surface area contributed by atoms with Crippen molar-refractivity contribution in [2.24, 2.45) is 0 Å². The van der Waals surface area contributed by atoms with Gasteiger partial charge < -0.3 is 14.8 Å². The van der Waals surface area contributed by atoms with Gasteiger partial charge in [-0.05, 0) is 48.9 Å². The van der Waals surface area contributed by atoms with Gasteiger partial charge in [0.15, 0.2) is 11.5 Å². The molecule has 0 radical (unpaired) electrons. The fourth-order valence-corrected chi connectivity index (χ4v) is 3.83. The highest BCUT2D eigenvalue weighted by atomic mass is 32.2. The van der Waals surface area contributed by atoms with E-state index in [-0.39, 0.29) is 11.9 Å². The number of hydrogen-bond donors (Lipinski definition) is 1. The summed E-state index contributed by atoms with van der Waals surface area (Å²) in [6.45, 7) is 3.04. The molecule has 1 atom stereocenters. The molecule has 2 aromatic carbocycles. The van der Waals surface area contributed by atoms with Gasteiger partial charge in [0.1, 0.15) is 18.2 Å². The Morgan fingerprint density at radius 3 is 2.64 bits per heavy atom. The third-order valence-electron chi connectivity index (χ3n) is 4.39. The zero-order chi connectivity index (χ0) is 19.3. The van der Waals surface area contributed by atoms with Crippen molar-refractivity contribution < 1.29 is 14.3 Å². The number of benzene rings is 2. The smallest absolute Gasteiger partial charge is 0.254 e. The molecule has 0 unspecified atom stereocenters. The third-order valence-corrected chi connectivity index (χ3v) is 5.41. The molecule has 2 heterocycles. The predicted octanol–water partition coefficient (Wildman–Crippen LogP) is 4.50. The Balaban J connectivity index is 1.51. The summed E-state index contributed by atoms with van der Waals surface area (Å²) in [4.78, 5) is 18.3. The van der Waals surface area contributed by atoms with E-state index < -0.39 is 0 Å². The molecule has 5 nitrogen and oxygen atoms in total. The zero-order valence-corrected chi connectivity index (χ0v) is 16.2. The molecule has 1 aliphatic rings. The maximum atomic E-state index is 12.9. The van der Waals surface area contributed by atoms with Crippen LogP contribution in [0, 0.1) is 0 Å². The number of hydrogen-bond acceptors (Lipinski definition) is 5. The first-order valence-electron chi connectivity index (χ1n) is 9.09. The molecule has 3 aromatic rings. The fraction of sp³-hybridized carbons (Fsp3) is 0.182.